The van der Waals surface area contributed by atoms with Gasteiger partial charge < -0.3 is 14.5 Å². The molecular weight excluding hydrogens is 362 g/mol. The highest BCUT2D eigenvalue weighted by atomic mass is 16.5. The minimum absolute atomic E-state index is 0.0540. The van der Waals surface area contributed by atoms with E-state index in [2.05, 4.69) is 41.3 Å². The van der Waals surface area contributed by atoms with Gasteiger partial charge in [0.05, 0.1) is 19.3 Å². The lowest BCUT2D eigenvalue weighted by Crippen LogP contribution is -2.36. The fourth-order valence-corrected chi connectivity index (χ4v) is 3.74. The number of carbonyl (C=O) groups is 1. The van der Waals surface area contributed by atoms with Gasteiger partial charge in [0.25, 0.3) is 0 Å². The number of amides is 1. The number of rotatable bonds is 8. The summed E-state index contributed by atoms with van der Waals surface area (Å²) in [7, 11) is 0. The molecule has 1 heterocycles. The molecule has 1 fully saturated rings. The summed E-state index contributed by atoms with van der Waals surface area (Å²) >= 11 is 0. The summed E-state index contributed by atoms with van der Waals surface area (Å²) in [5.41, 5.74) is 2.48. The standard InChI is InChI=1S/C24H29N3O2/c25-13-11-24(28)27-16-15-26(14-12-21-7-3-1-4-8-21)17-23(18-27)20-29-19-22-9-5-2-6-10-22/h1-10,23H,11-12,14-20H2. The largest absolute Gasteiger partial charge is 0.376 e. The van der Waals surface area contributed by atoms with E-state index in [0.717, 1.165) is 31.6 Å². The molecule has 1 unspecified atom stereocenters. The maximum Gasteiger partial charge on any atom is 0.236 e. The van der Waals surface area contributed by atoms with Gasteiger partial charge in [-0.3, -0.25) is 4.79 Å². The van der Waals surface area contributed by atoms with Crippen LogP contribution in [-0.4, -0.2) is 55.0 Å². The van der Waals surface area contributed by atoms with Gasteiger partial charge in [-0.1, -0.05) is 60.7 Å². The second-order valence-electron chi connectivity index (χ2n) is 7.58. The molecular formula is C24H29N3O2. The van der Waals surface area contributed by atoms with Gasteiger partial charge in [0, 0.05) is 38.6 Å². The number of benzene rings is 2. The van der Waals surface area contributed by atoms with E-state index in [1.54, 1.807) is 0 Å². The molecule has 0 radical (unpaired) electrons. The first-order valence-corrected chi connectivity index (χ1v) is 10.3. The number of hydrogen-bond donors (Lipinski definition) is 0. The van der Waals surface area contributed by atoms with Gasteiger partial charge in [-0.05, 0) is 17.5 Å². The molecule has 1 aliphatic heterocycles. The average Bonchev–Trinajstić information content (AvgIpc) is 2.96. The van der Waals surface area contributed by atoms with Gasteiger partial charge in [0.15, 0.2) is 0 Å². The van der Waals surface area contributed by atoms with Crippen LogP contribution in [0.5, 0.6) is 0 Å². The maximum atomic E-state index is 12.3. The van der Waals surface area contributed by atoms with E-state index in [-0.39, 0.29) is 18.2 Å². The van der Waals surface area contributed by atoms with Crippen molar-refractivity contribution in [1.82, 2.24) is 9.80 Å². The van der Waals surface area contributed by atoms with Crippen LogP contribution in [0.15, 0.2) is 60.7 Å². The molecule has 1 aliphatic rings. The highest BCUT2D eigenvalue weighted by molar-refractivity contribution is 5.78. The van der Waals surface area contributed by atoms with Crippen LogP contribution >= 0.6 is 0 Å². The van der Waals surface area contributed by atoms with Crippen molar-refractivity contribution in [2.75, 3.05) is 39.3 Å². The van der Waals surface area contributed by atoms with Crippen molar-refractivity contribution in [2.24, 2.45) is 5.92 Å². The van der Waals surface area contributed by atoms with Crippen molar-refractivity contribution in [3.8, 4) is 6.07 Å². The molecule has 0 saturated carbocycles. The molecule has 1 amide bonds. The zero-order valence-electron chi connectivity index (χ0n) is 16.9. The molecule has 0 aromatic heterocycles. The zero-order chi connectivity index (χ0) is 20.3. The SMILES string of the molecule is N#CCC(=O)N1CCN(CCc2ccccc2)CC(COCc2ccccc2)C1. The van der Waals surface area contributed by atoms with Crippen LogP contribution in [0.25, 0.3) is 0 Å². The highest BCUT2D eigenvalue weighted by Gasteiger charge is 2.25. The Kier molecular flexibility index (Phi) is 8.24. The average molecular weight is 392 g/mol. The molecule has 0 spiro atoms. The lowest BCUT2D eigenvalue weighted by molar-refractivity contribution is -0.130. The van der Waals surface area contributed by atoms with E-state index >= 15 is 0 Å². The van der Waals surface area contributed by atoms with Crippen LogP contribution in [0.1, 0.15) is 17.5 Å². The third kappa shape index (κ3) is 7.01. The predicted octanol–water partition coefficient (Wildman–Crippen LogP) is 3.12. The summed E-state index contributed by atoms with van der Waals surface area (Å²) in [6.07, 6.45) is 0.937. The third-order valence-corrected chi connectivity index (χ3v) is 5.29. The topological polar surface area (TPSA) is 56.6 Å². The van der Waals surface area contributed by atoms with Crippen LogP contribution in [0.2, 0.25) is 0 Å². The molecule has 0 N–H and O–H groups in total. The van der Waals surface area contributed by atoms with E-state index in [1.807, 2.05) is 35.2 Å². The molecule has 2 aromatic carbocycles. The van der Waals surface area contributed by atoms with Crippen molar-refractivity contribution < 1.29 is 9.53 Å². The van der Waals surface area contributed by atoms with E-state index in [9.17, 15) is 4.79 Å². The zero-order valence-corrected chi connectivity index (χ0v) is 16.9. The van der Waals surface area contributed by atoms with Crippen molar-refractivity contribution in [2.45, 2.75) is 19.4 Å². The van der Waals surface area contributed by atoms with Crippen LogP contribution < -0.4 is 0 Å². The molecule has 152 valence electrons. The summed E-state index contributed by atoms with van der Waals surface area (Å²) < 4.78 is 5.98. The molecule has 5 heteroatoms. The first kappa shape index (κ1) is 21.0. The molecule has 5 nitrogen and oxygen atoms in total. The number of nitrogens with zero attached hydrogens (tertiary/aromatic N) is 3. The van der Waals surface area contributed by atoms with Crippen molar-refractivity contribution in [1.29, 1.82) is 5.26 Å². The fourth-order valence-electron chi connectivity index (χ4n) is 3.74. The summed E-state index contributed by atoms with van der Waals surface area (Å²) in [5, 5.41) is 8.90. The monoisotopic (exact) mass is 391 g/mol. The second kappa shape index (κ2) is 11.4. The van der Waals surface area contributed by atoms with Gasteiger partial charge in [-0.15, -0.1) is 0 Å². The Morgan fingerprint density at radius 1 is 1.00 bits per heavy atom. The predicted molar refractivity (Wildman–Crippen MR) is 113 cm³/mol. The van der Waals surface area contributed by atoms with Gasteiger partial charge in [0.1, 0.15) is 6.42 Å². The minimum Gasteiger partial charge on any atom is -0.376 e. The minimum atomic E-state index is -0.0783. The Hall–Kier alpha value is -2.68. The first-order chi connectivity index (χ1) is 14.2. The smallest absolute Gasteiger partial charge is 0.236 e. The Balaban J connectivity index is 1.57. The number of carbonyl (C=O) groups excluding carboxylic acids is 1. The quantitative estimate of drug-likeness (QED) is 0.694. The van der Waals surface area contributed by atoms with Crippen LogP contribution in [0.4, 0.5) is 0 Å². The van der Waals surface area contributed by atoms with Crippen molar-refractivity contribution in [3.05, 3.63) is 71.8 Å². The maximum absolute atomic E-state index is 12.3. The van der Waals surface area contributed by atoms with E-state index < -0.39 is 0 Å². The van der Waals surface area contributed by atoms with Crippen molar-refractivity contribution >= 4 is 5.91 Å². The molecule has 0 bridgehead atoms. The lowest BCUT2D eigenvalue weighted by atomic mass is 10.1. The van der Waals surface area contributed by atoms with E-state index in [0.29, 0.717) is 26.3 Å². The normalized spacial score (nSPS) is 17.5. The fraction of sp³-hybridized carbons (Fsp3) is 0.417. The molecule has 3 rings (SSSR count). The van der Waals surface area contributed by atoms with Crippen LogP contribution in [0.3, 0.4) is 0 Å². The lowest BCUT2D eigenvalue weighted by Gasteiger charge is -2.24. The summed E-state index contributed by atoms with van der Waals surface area (Å²) in [6.45, 7) is 5.19. The van der Waals surface area contributed by atoms with E-state index in [4.69, 9.17) is 10.00 Å². The summed E-state index contributed by atoms with van der Waals surface area (Å²) in [4.78, 5) is 16.6. The molecule has 1 saturated heterocycles. The summed E-state index contributed by atoms with van der Waals surface area (Å²) in [5.74, 6) is 0.157. The van der Waals surface area contributed by atoms with Crippen molar-refractivity contribution in [3.63, 3.8) is 0 Å². The Morgan fingerprint density at radius 3 is 2.38 bits per heavy atom. The Morgan fingerprint density at radius 2 is 1.69 bits per heavy atom. The van der Waals surface area contributed by atoms with Crippen LogP contribution in [-0.2, 0) is 22.6 Å². The van der Waals surface area contributed by atoms with E-state index in [1.165, 1.54) is 5.56 Å². The molecule has 1 atom stereocenters. The molecule has 29 heavy (non-hydrogen) atoms. The number of ether oxygens (including phenoxy) is 1. The third-order valence-electron chi connectivity index (χ3n) is 5.29. The highest BCUT2D eigenvalue weighted by Crippen LogP contribution is 2.14. The Labute approximate surface area is 173 Å². The van der Waals surface area contributed by atoms with Crippen LogP contribution in [0, 0.1) is 17.2 Å². The van der Waals surface area contributed by atoms with Gasteiger partial charge >= 0.3 is 0 Å². The number of nitriles is 1. The first-order valence-electron chi connectivity index (χ1n) is 10.3. The molecule has 0 aliphatic carbocycles. The van der Waals surface area contributed by atoms with Gasteiger partial charge in [0.2, 0.25) is 5.91 Å². The summed E-state index contributed by atoms with van der Waals surface area (Å²) in [6, 6.07) is 22.6. The Bertz CT molecular complexity index is 789. The number of hydrogen-bond acceptors (Lipinski definition) is 4. The second-order valence-corrected chi connectivity index (χ2v) is 7.58. The van der Waals surface area contributed by atoms with Gasteiger partial charge in [-0.2, -0.15) is 5.26 Å². The molecule has 2 aromatic rings. The van der Waals surface area contributed by atoms with Gasteiger partial charge in [-0.25, -0.2) is 0 Å².